The van der Waals surface area contributed by atoms with Crippen molar-refractivity contribution in [3.05, 3.63) is 59.4 Å². The van der Waals surface area contributed by atoms with E-state index < -0.39 is 0 Å². The van der Waals surface area contributed by atoms with Gasteiger partial charge in [-0.15, -0.1) is 0 Å². The molecule has 4 nitrogen and oxygen atoms in total. The summed E-state index contributed by atoms with van der Waals surface area (Å²) in [7, 11) is 1.39. The third-order valence-electron chi connectivity index (χ3n) is 5.70. The summed E-state index contributed by atoms with van der Waals surface area (Å²) >= 11 is 0. The summed E-state index contributed by atoms with van der Waals surface area (Å²) in [6.07, 6.45) is 4.92. The molecule has 1 heterocycles. The van der Waals surface area contributed by atoms with E-state index in [9.17, 15) is 9.18 Å². The average molecular weight is 380 g/mol. The number of aromatic nitrogens is 1. The number of esters is 1. The van der Waals surface area contributed by atoms with Gasteiger partial charge in [0.05, 0.1) is 7.11 Å². The topological polar surface area (TPSA) is 45.3 Å². The molecule has 1 aliphatic rings. The van der Waals surface area contributed by atoms with Crippen molar-refractivity contribution in [2.45, 2.75) is 45.1 Å². The fraction of sp³-hybridized carbons (Fsp3) is 0.348. The van der Waals surface area contributed by atoms with Crippen molar-refractivity contribution in [2.24, 2.45) is 0 Å². The van der Waals surface area contributed by atoms with Crippen LogP contribution < -0.4 is 4.90 Å². The van der Waals surface area contributed by atoms with Gasteiger partial charge in [0.2, 0.25) is 0 Å². The standard InChI is InChI=1S/C23H25FN2O2/c1-3-15-12-13-17(14-19(15)24)26(16-8-4-5-9-16)22-21(23(27)28-2)18-10-6-7-11-20(18)25-22/h6-7,10-14,16,25H,3-5,8-9H2,1-2H3. The number of aryl methyl sites for hydroxylation is 1. The molecule has 28 heavy (non-hydrogen) atoms. The first kappa shape index (κ1) is 18.5. The number of ether oxygens (including phenoxy) is 1. The van der Waals surface area contributed by atoms with Gasteiger partial charge in [0.1, 0.15) is 17.2 Å². The molecule has 0 amide bonds. The number of nitrogens with one attached hydrogen (secondary N) is 1. The van der Waals surface area contributed by atoms with Gasteiger partial charge in [-0.25, -0.2) is 9.18 Å². The van der Waals surface area contributed by atoms with Gasteiger partial charge >= 0.3 is 5.97 Å². The minimum atomic E-state index is -0.388. The number of nitrogens with zero attached hydrogens (tertiary/aromatic N) is 1. The van der Waals surface area contributed by atoms with E-state index in [1.807, 2.05) is 43.3 Å². The third kappa shape index (κ3) is 3.15. The molecule has 1 saturated carbocycles. The quantitative estimate of drug-likeness (QED) is 0.574. The van der Waals surface area contributed by atoms with Gasteiger partial charge in [0, 0.05) is 22.6 Å². The van der Waals surface area contributed by atoms with Crippen LogP contribution in [0.5, 0.6) is 0 Å². The van der Waals surface area contributed by atoms with Crippen LogP contribution in [0.2, 0.25) is 0 Å². The first-order valence-corrected chi connectivity index (χ1v) is 9.90. The van der Waals surface area contributed by atoms with Crippen molar-refractivity contribution in [3.8, 4) is 0 Å². The Bertz CT molecular complexity index is 1010. The van der Waals surface area contributed by atoms with E-state index in [-0.39, 0.29) is 17.8 Å². The molecule has 0 saturated heterocycles. The van der Waals surface area contributed by atoms with Crippen LogP contribution in [0, 0.1) is 5.82 Å². The van der Waals surface area contributed by atoms with Crippen LogP contribution in [0.4, 0.5) is 15.9 Å². The number of aromatic amines is 1. The molecule has 0 aliphatic heterocycles. The summed E-state index contributed by atoms with van der Waals surface area (Å²) in [6.45, 7) is 1.94. The molecule has 1 aliphatic carbocycles. The molecule has 0 spiro atoms. The molecule has 1 aromatic heterocycles. The van der Waals surface area contributed by atoms with Crippen molar-refractivity contribution in [1.82, 2.24) is 4.98 Å². The second-order valence-electron chi connectivity index (χ2n) is 7.32. The maximum atomic E-state index is 14.6. The molecule has 5 heteroatoms. The lowest BCUT2D eigenvalue weighted by atomic mass is 10.1. The van der Waals surface area contributed by atoms with Crippen LogP contribution in [0.1, 0.15) is 48.5 Å². The average Bonchev–Trinajstić information content (AvgIpc) is 3.36. The lowest BCUT2D eigenvalue weighted by Crippen LogP contribution is -2.30. The van der Waals surface area contributed by atoms with Gasteiger partial charge in [-0.2, -0.15) is 0 Å². The van der Waals surface area contributed by atoms with E-state index in [0.717, 1.165) is 42.3 Å². The van der Waals surface area contributed by atoms with Crippen molar-refractivity contribution in [1.29, 1.82) is 0 Å². The van der Waals surface area contributed by atoms with Crippen LogP contribution in [0.15, 0.2) is 42.5 Å². The highest BCUT2D eigenvalue weighted by Crippen LogP contribution is 2.39. The lowest BCUT2D eigenvalue weighted by Gasteiger charge is -2.31. The molecular weight excluding hydrogens is 355 g/mol. The zero-order valence-electron chi connectivity index (χ0n) is 16.3. The number of carbonyl (C=O) groups is 1. The second kappa shape index (κ2) is 7.66. The Morgan fingerprint density at radius 1 is 1.21 bits per heavy atom. The number of hydrogen-bond acceptors (Lipinski definition) is 3. The second-order valence-corrected chi connectivity index (χ2v) is 7.32. The Hall–Kier alpha value is -2.82. The molecule has 0 bridgehead atoms. The van der Waals surface area contributed by atoms with E-state index in [4.69, 9.17) is 4.74 Å². The predicted molar refractivity (Wildman–Crippen MR) is 110 cm³/mol. The molecule has 0 atom stereocenters. The third-order valence-corrected chi connectivity index (χ3v) is 5.70. The number of fused-ring (bicyclic) bond motifs is 1. The summed E-state index contributed by atoms with van der Waals surface area (Å²) in [5, 5.41) is 0.818. The van der Waals surface area contributed by atoms with Crippen LogP contribution in [-0.2, 0) is 11.2 Å². The predicted octanol–water partition coefficient (Wildman–Crippen LogP) is 5.74. The van der Waals surface area contributed by atoms with Gasteiger partial charge in [-0.1, -0.05) is 44.0 Å². The van der Waals surface area contributed by atoms with E-state index in [1.165, 1.54) is 7.11 Å². The zero-order chi connectivity index (χ0) is 19.7. The van der Waals surface area contributed by atoms with Crippen LogP contribution in [0.3, 0.4) is 0 Å². The fourth-order valence-corrected chi connectivity index (χ4v) is 4.27. The Kier molecular flexibility index (Phi) is 5.07. The lowest BCUT2D eigenvalue weighted by molar-refractivity contribution is 0.0604. The number of rotatable bonds is 5. The highest BCUT2D eigenvalue weighted by Gasteiger charge is 2.31. The maximum Gasteiger partial charge on any atom is 0.342 e. The SMILES string of the molecule is CCc1ccc(N(c2[nH]c3ccccc3c2C(=O)OC)C2CCCC2)cc1F. The summed E-state index contributed by atoms with van der Waals surface area (Å²) in [5.41, 5.74) is 2.83. The number of methoxy groups -OCH3 is 1. The zero-order valence-corrected chi connectivity index (χ0v) is 16.3. The van der Waals surface area contributed by atoms with Gasteiger partial charge in [-0.05, 0) is 43.0 Å². The highest BCUT2D eigenvalue weighted by molar-refractivity contribution is 6.10. The summed E-state index contributed by atoms with van der Waals surface area (Å²) in [5.74, 6) is 0.0865. The van der Waals surface area contributed by atoms with Crippen molar-refractivity contribution >= 4 is 28.4 Å². The van der Waals surface area contributed by atoms with Gasteiger partial charge in [-0.3, -0.25) is 0 Å². The van der Waals surface area contributed by atoms with Crippen molar-refractivity contribution in [3.63, 3.8) is 0 Å². The minimum absolute atomic E-state index is 0.210. The molecular formula is C23H25FN2O2. The van der Waals surface area contributed by atoms with E-state index in [0.29, 0.717) is 23.4 Å². The van der Waals surface area contributed by atoms with Gasteiger partial charge in [0.25, 0.3) is 0 Å². The van der Waals surface area contributed by atoms with Crippen LogP contribution in [0.25, 0.3) is 10.9 Å². The number of halogens is 1. The number of para-hydroxylation sites is 1. The van der Waals surface area contributed by atoms with E-state index in [2.05, 4.69) is 9.88 Å². The fourth-order valence-electron chi connectivity index (χ4n) is 4.27. The Morgan fingerprint density at radius 2 is 1.96 bits per heavy atom. The molecule has 3 aromatic rings. The van der Waals surface area contributed by atoms with Gasteiger partial charge in [0.15, 0.2) is 0 Å². The molecule has 0 unspecified atom stereocenters. The monoisotopic (exact) mass is 380 g/mol. The molecule has 2 aromatic carbocycles. The summed E-state index contributed by atoms with van der Waals surface area (Å²) < 4.78 is 19.7. The summed E-state index contributed by atoms with van der Waals surface area (Å²) in [6, 6.07) is 13.3. The number of benzene rings is 2. The normalized spacial score (nSPS) is 14.5. The van der Waals surface area contributed by atoms with Crippen molar-refractivity contribution in [2.75, 3.05) is 12.0 Å². The molecule has 1 fully saturated rings. The maximum absolute atomic E-state index is 14.6. The van der Waals surface area contributed by atoms with Crippen LogP contribution in [-0.4, -0.2) is 24.1 Å². The van der Waals surface area contributed by atoms with E-state index in [1.54, 1.807) is 6.07 Å². The number of anilines is 2. The number of hydrogen-bond donors (Lipinski definition) is 1. The molecule has 4 rings (SSSR count). The highest BCUT2D eigenvalue weighted by atomic mass is 19.1. The largest absolute Gasteiger partial charge is 0.465 e. The Morgan fingerprint density at radius 3 is 2.64 bits per heavy atom. The molecule has 146 valence electrons. The first-order chi connectivity index (χ1) is 13.6. The van der Waals surface area contributed by atoms with E-state index >= 15 is 0 Å². The Labute approximate surface area is 164 Å². The minimum Gasteiger partial charge on any atom is -0.465 e. The molecule has 0 radical (unpaired) electrons. The summed E-state index contributed by atoms with van der Waals surface area (Å²) in [4.78, 5) is 18.2. The first-order valence-electron chi connectivity index (χ1n) is 9.90. The van der Waals surface area contributed by atoms with Gasteiger partial charge < -0.3 is 14.6 Å². The number of carbonyl (C=O) groups excluding carboxylic acids is 1. The molecule has 1 N–H and O–H groups in total. The van der Waals surface area contributed by atoms with Crippen molar-refractivity contribution < 1.29 is 13.9 Å². The number of H-pyrrole nitrogens is 1. The Balaban J connectivity index is 1.92. The van der Waals surface area contributed by atoms with Crippen LogP contribution >= 0.6 is 0 Å². The smallest absolute Gasteiger partial charge is 0.342 e.